The van der Waals surface area contributed by atoms with Crippen molar-refractivity contribution in [3.8, 4) is 5.75 Å². The quantitative estimate of drug-likeness (QED) is 0.830. The first-order valence-corrected chi connectivity index (χ1v) is 8.92. The Bertz CT molecular complexity index is 646. The van der Waals surface area contributed by atoms with Crippen molar-refractivity contribution < 1.29 is 14.3 Å². The second-order valence-electron chi connectivity index (χ2n) is 7.30. The normalized spacial score (nSPS) is 27.5. The molecule has 0 saturated carbocycles. The summed E-state index contributed by atoms with van der Waals surface area (Å²) < 4.78 is 5.82. The summed E-state index contributed by atoms with van der Waals surface area (Å²) in [7, 11) is 1.54. The molecule has 6 heteroatoms. The van der Waals surface area contributed by atoms with Crippen LogP contribution >= 0.6 is 0 Å². The number of carbonyl (C=O) groups excluding carboxylic acids is 2. The average molecular weight is 345 g/mol. The van der Waals surface area contributed by atoms with Gasteiger partial charge in [0, 0.05) is 26.1 Å². The number of hydrogen-bond acceptors (Lipinski definition) is 4. The molecule has 0 aromatic heterocycles. The number of ether oxygens (including phenoxy) is 1. The highest BCUT2D eigenvalue weighted by Gasteiger charge is 2.51. The zero-order chi connectivity index (χ0) is 18.0. The smallest absolute Gasteiger partial charge is 0.324 e. The lowest BCUT2D eigenvalue weighted by Gasteiger charge is -2.39. The van der Waals surface area contributed by atoms with E-state index in [1.807, 2.05) is 31.2 Å². The van der Waals surface area contributed by atoms with Gasteiger partial charge in [-0.2, -0.15) is 0 Å². The lowest BCUT2D eigenvalue weighted by Crippen LogP contribution is -2.56. The largest absolute Gasteiger partial charge is 0.492 e. The molecule has 1 aromatic carbocycles. The minimum Gasteiger partial charge on any atom is -0.492 e. The molecule has 0 radical (unpaired) electrons. The third-order valence-corrected chi connectivity index (χ3v) is 5.44. The van der Waals surface area contributed by atoms with E-state index in [0.717, 1.165) is 38.2 Å². The van der Waals surface area contributed by atoms with Crippen molar-refractivity contribution in [2.45, 2.75) is 32.2 Å². The minimum absolute atomic E-state index is 0.125. The van der Waals surface area contributed by atoms with Crippen LogP contribution < -0.4 is 10.1 Å². The maximum absolute atomic E-state index is 12.5. The number of aryl methyl sites for hydroxylation is 1. The molecule has 2 aliphatic rings. The molecule has 0 unspecified atom stereocenters. The fourth-order valence-electron chi connectivity index (χ4n) is 3.73. The van der Waals surface area contributed by atoms with E-state index in [9.17, 15) is 9.59 Å². The Labute approximate surface area is 149 Å². The van der Waals surface area contributed by atoms with Gasteiger partial charge >= 0.3 is 6.03 Å². The predicted octanol–water partition coefficient (Wildman–Crippen LogP) is 2.03. The monoisotopic (exact) mass is 345 g/mol. The Morgan fingerprint density at radius 3 is 2.64 bits per heavy atom. The van der Waals surface area contributed by atoms with Gasteiger partial charge in [0.2, 0.25) is 0 Å². The van der Waals surface area contributed by atoms with Crippen LogP contribution in [0.1, 0.15) is 25.3 Å². The number of benzene rings is 1. The summed E-state index contributed by atoms with van der Waals surface area (Å²) in [5.41, 5.74) is 0.426. The number of rotatable bonds is 5. The minimum atomic E-state index is -0.789. The van der Waals surface area contributed by atoms with E-state index in [4.69, 9.17) is 4.74 Å². The highest BCUT2D eigenvalue weighted by molar-refractivity contribution is 6.06. The van der Waals surface area contributed by atoms with Crippen molar-refractivity contribution in [3.05, 3.63) is 29.8 Å². The molecule has 1 N–H and O–H groups in total. The van der Waals surface area contributed by atoms with Crippen LogP contribution in [0.25, 0.3) is 0 Å². The molecule has 2 atom stereocenters. The van der Waals surface area contributed by atoms with Crippen molar-refractivity contribution in [2.75, 3.05) is 33.3 Å². The van der Waals surface area contributed by atoms with Gasteiger partial charge in [-0.3, -0.25) is 14.6 Å². The van der Waals surface area contributed by atoms with Crippen molar-refractivity contribution in [2.24, 2.45) is 5.92 Å². The maximum Gasteiger partial charge on any atom is 0.324 e. The molecule has 25 heavy (non-hydrogen) atoms. The Morgan fingerprint density at radius 1 is 1.28 bits per heavy atom. The molecule has 6 nitrogen and oxygen atoms in total. The zero-order valence-corrected chi connectivity index (χ0v) is 15.2. The van der Waals surface area contributed by atoms with E-state index in [0.29, 0.717) is 6.61 Å². The van der Waals surface area contributed by atoms with Crippen LogP contribution in [0.5, 0.6) is 5.75 Å². The third-order valence-electron chi connectivity index (χ3n) is 5.44. The predicted molar refractivity (Wildman–Crippen MR) is 95.5 cm³/mol. The van der Waals surface area contributed by atoms with E-state index < -0.39 is 5.54 Å². The van der Waals surface area contributed by atoms with Gasteiger partial charge in [-0.15, -0.1) is 0 Å². The molecule has 2 heterocycles. The standard InChI is InChI=1S/C19H27N3O3/c1-14-6-8-16(9-7-14)25-12-11-22-10-4-5-15(13-22)19(2)17(23)21(3)18(24)20-19/h6-9,15H,4-5,10-13H2,1-3H3,(H,20,24)/t15-,19-/m0/s1. The molecule has 2 saturated heterocycles. The number of nitrogens with zero attached hydrogens (tertiary/aromatic N) is 2. The summed E-state index contributed by atoms with van der Waals surface area (Å²) >= 11 is 0. The van der Waals surface area contributed by atoms with Gasteiger partial charge in [0.05, 0.1) is 0 Å². The summed E-state index contributed by atoms with van der Waals surface area (Å²) in [5, 5.41) is 2.89. The molecular formula is C19H27N3O3. The van der Waals surface area contributed by atoms with Crippen molar-refractivity contribution >= 4 is 11.9 Å². The summed E-state index contributed by atoms with van der Waals surface area (Å²) in [4.78, 5) is 27.8. The molecule has 0 bridgehead atoms. The van der Waals surface area contributed by atoms with Crippen molar-refractivity contribution in [1.82, 2.24) is 15.1 Å². The highest BCUT2D eigenvalue weighted by Crippen LogP contribution is 2.31. The van der Waals surface area contributed by atoms with Gasteiger partial charge in [-0.05, 0) is 45.4 Å². The number of likely N-dealkylation sites (tertiary alicyclic amines) is 1. The summed E-state index contributed by atoms with van der Waals surface area (Å²) in [6.07, 6.45) is 1.98. The number of hydrogen-bond donors (Lipinski definition) is 1. The van der Waals surface area contributed by atoms with Gasteiger partial charge < -0.3 is 10.1 Å². The second kappa shape index (κ2) is 7.04. The first kappa shape index (κ1) is 17.7. The van der Waals surface area contributed by atoms with Crippen molar-refractivity contribution in [3.63, 3.8) is 0 Å². The van der Waals surface area contributed by atoms with E-state index in [1.54, 1.807) is 7.05 Å². The van der Waals surface area contributed by atoms with Crippen LogP contribution in [0, 0.1) is 12.8 Å². The van der Waals surface area contributed by atoms with E-state index in [2.05, 4.69) is 17.1 Å². The molecular weight excluding hydrogens is 318 g/mol. The molecule has 1 aromatic rings. The number of urea groups is 1. The second-order valence-corrected chi connectivity index (χ2v) is 7.30. The summed E-state index contributed by atoms with van der Waals surface area (Å²) in [6, 6.07) is 7.75. The van der Waals surface area contributed by atoms with Crippen LogP contribution in [-0.2, 0) is 4.79 Å². The van der Waals surface area contributed by atoms with Crippen LogP contribution in [-0.4, -0.2) is 60.6 Å². The van der Waals surface area contributed by atoms with Gasteiger partial charge in [0.15, 0.2) is 0 Å². The van der Waals surface area contributed by atoms with Crippen molar-refractivity contribution in [1.29, 1.82) is 0 Å². The molecule has 2 aliphatic heterocycles. The lowest BCUT2D eigenvalue weighted by atomic mass is 9.80. The third kappa shape index (κ3) is 3.63. The number of piperidine rings is 1. The number of nitrogens with one attached hydrogen (secondary N) is 1. The number of likely N-dealkylation sites (N-methyl/N-ethyl adjacent to an activating group) is 1. The number of carbonyl (C=O) groups is 2. The fourth-order valence-corrected chi connectivity index (χ4v) is 3.73. The lowest BCUT2D eigenvalue weighted by molar-refractivity contribution is -0.132. The first-order valence-electron chi connectivity index (χ1n) is 8.92. The topological polar surface area (TPSA) is 61.9 Å². The molecule has 136 valence electrons. The van der Waals surface area contributed by atoms with Gasteiger partial charge in [0.25, 0.3) is 5.91 Å². The van der Waals surface area contributed by atoms with Gasteiger partial charge in [0.1, 0.15) is 17.9 Å². The maximum atomic E-state index is 12.5. The Hall–Kier alpha value is -2.08. The van der Waals surface area contributed by atoms with Crippen LogP contribution in [0.15, 0.2) is 24.3 Å². The Morgan fingerprint density at radius 2 is 2.00 bits per heavy atom. The van der Waals surface area contributed by atoms with Crippen LogP contribution in [0.3, 0.4) is 0 Å². The molecule has 0 spiro atoms. The molecule has 2 fully saturated rings. The summed E-state index contributed by atoms with van der Waals surface area (Å²) in [6.45, 7) is 7.15. The highest BCUT2D eigenvalue weighted by atomic mass is 16.5. The fraction of sp³-hybridized carbons (Fsp3) is 0.579. The first-order chi connectivity index (χ1) is 11.9. The average Bonchev–Trinajstić information content (AvgIpc) is 2.81. The van der Waals surface area contributed by atoms with Crippen LogP contribution in [0.4, 0.5) is 4.79 Å². The van der Waals surface area contributed by atoms with Gasteiger partial charge in [-0.1, -0.05) is 17.7 Å². The SMILES string of the molecule is Cc1ccc(OCCN2CCC[C@H]([C@]3(C)NC(=O)N(C)C3=O)C2)cc1. The molecule has 3 rings (SSSR count). The van der Waals surface area contributed by atoms with Crippen LogP contribution in [0.2, 0.25) is 0 Å². The van der Waals surface area contributed by atoms with E-state index in [-0.39, 0.29) is 17.9 Å². The Balaban J connectivity index is 1.54. The Kier molecular flexibility index (Phi) is 4.99. The number of amides is 3. The van der Waals surface area contributed by atoms with E-state index in [1.165, 1.54) is 10.5 Å². The summed E-state index contributed by atoms with van der Waals surface area (Å²) in [5.74, 6) is 0.883. The van der Waals surface area contributed by atoms with E-state index >= 15 is 0 Å². The molecule has 3 amide bonds. The van der Waals surface area contributed by atoms with Gasteiger partial charge in [-0.25, -0.2) is 4.79 Å². The molecule has 0 aliphatic carbocycles. The zero-order valence-electron chi connectivity index (χ0n) is 15.2. The number of imide groups is 1.